The molecule has 2 aromatic rings. The molecule has 1 saturated carbocycles. The van der Waals surface area contributed by atoms with Gasteiger partial charge in [0.2, 0.25) is 0 Å². The van der Waals surface area contributed by atoms with Crippen LogP contribution in [0.25, 0.3) is 0 Å². The number of carbonyl (C=O) groups is 1. The molecule has 132 valence electrons. The Labute approximate surface area is 153 Å². The van der Waals surface area contributed by atoms with E-state index < -0.39 is 4.92 Å². The summed E-state index contributed by atoms with van der Waals surface area (Å²) in [4.78, 5) is 28.1. The van der Waals surface area contributed by atoms with Crippen LogP contribution in [0.5, 0.6) is 0 Å². The summed E-state index contributed by atoms with van der Waals surface area (Å²) in [7, 11) is 0. The van der Waals surface area contributed by atoms with Crippen LogP contribution in [0.15, 0.2) is 32.8 Å². The predicted molar refractivity (Wildman–Crippen MR) is 97.1 cm³/mol. The van der Waals surface area contributed by atoms with Gasteiger partial charge in [0.15, 0.2) is 4.34 Å². The van der Waals surface area contributed by atoms with Crippen LogP contribution in [-0.2, 0) is 0 Å². The van der Waals surface area contributed by atoms with Gasteiger partial charge in [-0.1, -0.05) is 11.8 Å². The molecule has 0 bridgehead atoms. The smallest absolute Gasteiger partial charge is 0.284 e. The molecule has 25 heavy (non-hydrogen) atoms. The molecule has 3 N–H and O–H groups in total. The lowest BCUT2D eigenvalue weighted by Crippen LogP contribution is -2.41. The van der Waals surface area contributed by atoms with Crippen molar-refractivity contribution >= 4 is 34.7 Å². The molecule has 1 atom stereocenters. The molecule has 0 aliphatic heterocycles. The zero-order chi connectivity index (χ0) is 18.0. The van der Waals surface area contributed by atoms with Crippen LogP contribution in [-0.4, -0.2) is 28.4 Å². The lowest BCUT2D eigenvalue weighted by Gasteiger charge is -2.16. The monoisotopic (exact) mass is 378 g/mol. The number of hydrogen-bond acceptors (Lipinski definition) is 7. The summed E-state index contributed by atoms with van der Waals surface area (Å²) in [5.41, 5.74) is 6.75. The van der Waals surface area contributed by atoms with E-state index in [9.17, 15) is 14.9 Å². The zero-order valence-corrected chi connectivity index (χ0v) is 15.2. The van der Waals surface area contributed by atoms with Crippen LogP contribution in [0.1, 0.15) is 28.9 Å². The van der Waals surface area contributed by atoms with Crippen LogP contribution in [0.3, 0.4) is 0 Å². The lowest BCUT2D eigenvalue weighted by atomic mass is 10.1. The molecular formula is C16H18N4O3S2. The first kappa shape index (κ1) is 17.8. The number of nitro benzene ring substituents is 1. The van der Waals surface area contributed by atoms with Gasteiger partial charge in [-0.25, -0.2) is 4.98 Å². The minimum Gasteiger partial charge on any atom is -0.348 e. The summed E-state index contributed by atoms with van der Waals surface area (Å²) in [6, 6.07) is 4.45. The summed E-state index contributed by atoms with van der Waals surface area (Å²) in [5, 5.41) is 16.2. The van der Waals surface area contributed by atoms with Crippen molar-refractivity contribution in [3.63, 3.8) is 0 Å². The summed E-state index contributed by atoms with van der Waals surface area (Å²) in [6.07, 6.45) is 2.12. The number of nitrogens with one attached hydrogen (secondary N) is 1. The Balaban J connectivity index is 1.80. The second kappa shape index (κ2) is 7.51. The number of nitro groups is 1. The van der Waals surface area contributed by atoms with Gasteiger partial charge in [0, 0.05) is 35.3 Å². The van der Waals surface area contributed by atoms with Crippen molar-refractivity contribution in [3.8, 4) is 0 Å². The Hall–Kier alpha value is -1.97. The van der Waals surface area contributed by atoms with Gasteiger partial charge in [-0.05, 0) is 37.8 Å². The molecule has 1 aromatic heterocycles. The largest absolute Gasteiger partial charge is 0.348 e. The maximum absolute atomic E-state index is 12.4. The number of rotatable bonds is 7. The average molecular weight is 378 g/mol. The van der Waals surface area contributed by atoms with Crippen LogP contribution >= 0.6 is 23.1 Å². The van der Waals surface area contributed by atoms with E-state index in [1.807, 2.05) is 12.3 Å². The first-order valence-corrected chi connectivity index (χ1v) is 9.57. The van der Waals surface area contributed by atoms with Gasteiger partial charge in [-0.2, -0.15) is 0 Å². The molecule has 3 rings (SSSR count). The van der Waals surface area contributed by atoms with E-state index in [1.165, 1.54) is 29.2 Å². The fourth-order valence-electron chi connectivity index (χ4n) is 2.48. The number of aromatic nitrogens is 1. The van der Waals surface area contributed by atoms with Gasteiger partial charge < -0.3 is 11.1 Å². The maximum Gasteiger partial charge on any atom is 0.284 e. The van der Waals surface area contributed by atoms with Crippen molar-refractivity contribution in [1.29, 1.82) is 0 Å². The molecule has 1 aliphatic rings. The van der Waals surface area contributed by atoms with E-state index in [-0.39, 0.29) is 23.2 Å². The maximum atomic E-state index is 12.4. The molecule has 1 unspecified atom stereocenters. The molecule has 9 heteroatoms. The van der Waals surface area contributed by atoms with E-state index >= 15 is 0 Å². The highest BCUT2D eigenvalue weighted by molar-refractivity contribution is 8.01. The molecule has 7 nitrogen and oxygen atoms in total. The minimum absolute atomic E-state index is 0.0705. The van der Waals surface area contributed by atoms with Crippen LogP contribution < -0.4 is 11.1 Å². The molecule has 1 heterocycles. The van der Waals surface area contributed by atoms with Crippen LogP contribution in [0.4, 0.5) is 5.69 Å². The fourth-order valence-corrected chi connectivity index (χ4v) is 4.36. The molecular weight excluding hydrogens is 360 g/mol. The minimum atomic E-state index is -0.471. The van der Waals surface area contributed by atoms with E-state index in [1.54, 1.807) is 12.1 Å². The number of carbonyl (C=O) groups excluding carboxylic acids is 1. The Kier molecular flexibility index (Phi) is 5.36. The van der Waals surface area contributed by atoms with Crippen molar-refractivity contribution in [2.75, 3.05) is 6.54 Å². The average Bonchev–Trinajstić information content (AvgIpc) is 3.35. The van der Waals surface area contributed by atoms with Gasteiger partial charge >= 0.3 is 0 Å². The topological polar surface area (TPSA) is 111 Å². The molecule has 1 aliphatic carbocycles. The van der Waals surface area contributed by atoms with Crippen LogP contribution in [0, 0.1) is 23.0 Å². The number of amides is 1. The van der Waals surface area contributed by atoms with Crippen molar-refractivity contribution in [1.82, 2.24) is 10.3 Å². The number of aryl methyl sites for hydroxylation is 1. The first-order valence-electron chi connectivity index (χ1n) is 7.87. The van der Waals surface area contributed by atoms with Crippen molar-refractivity contribution < 1.29 is 9.72 Å². The summed E-state index contributed by atoms with van der Waals surface area (Å²) in [5.74, 6) is 0.0963. The summed E-state index contributed by atoms with van der Waals surface area (Å²) >= 11 is 2.66. The number of hydrogen-bond donors (Lipinski definition) is 2. The number of nitrogens with two attached hydrogens (primary N) is 1. The fraction of sp³-hybridized carbons (Fsp3) is 0.375. The lowest BCUT2D eigenvalue weighted by molar-refractivity contribution is -0.387. The Morgan fingerprint density at radius 3 is 2.88 bits per heavy atom. The molecule has 1 aromatic carbocycles. The molecule has 1 fully saturated rings. The van der Waals surface area contributed by atoms with Crippen molar-refractivity contribution in [2.45, 2.75) is 35.0 Å². The predicted octanol–water partition coefficient (Wildman–Crippen LogP) is 2.98. The normalized spacial score (nSPS) is 15.0. The standard InChI is InChI=1S/C16H18N4O3S2/c1-9-8-24-16(18-9)25-14-5-4-11(6-13(14)20(22)23)15(21)19-12(7-17)10-2-3-10/h4-6,8,10,12H,2-3,7,17H2,1H3,(H,19,21). The van der Waals surface area contributed by atoms with Gasteiger partial charge in [0.1, 0.15) is 0 Å². The first-order chi connectivity index (χ1) is 12.0. The van der Waals surface area contributed by atoms with E-state index in [0.29, 0.717) is 17.4 Å². The van der Waals surface area contributed by atoms with Gasteiger partial charge in [0.25, 0.3) is 11.6 Å². The highest BCUT2D eigenvalue weighted by atomic mass is 32.2. The molecule has 0 radical (unpaired) electrons. The second-order valence-corrected chi connectivity index (χ2v) is 8.10. The molecule has 0 saturated heterocycles. The zero-order valence-electron chi connectivity index (χ0n) is 13.6. The highest BCUT2D eigenvalue weighted by Gasteiger charge is 2.31. The van der Waals surface area contributed by atoms with Crippen LogP contribution in [0.2, 0.25) is 0 Å². The molecule has 1 amide bonds. The van der Waals surface area contributed by atoms with Gasteiger partial charge in [0.05, 0.1) is 9.82 Å². The van der Waals surface area contributed by atoms with E-state index in [4.69, 9.17) is 5.73 Å². The summed E-state index contributed by atoms with van der Waals surface area (Å²) < 4.78 is 0.731. The highest BCUT2D eigenvalue weighted by Crippen LogP contribution is 2.37. The van der Waals surface area contributed by atoms with Gasteiger partial charge in [-0.15, -0.1) is 11.3 Å². The number of thiazole rings is 1. The Bertz CT molecular complexity index is 804. The van der Waals surface area contributed by atoms with Gasteiger partial charge in [-0.3, -0.25) is 14.9 Å². The Morgan fingerprint density at radius 1 is 1.56 bits per heavy atom. The number of nitrogens with zero attached hydrogens (tertiary/aromatic N) is 2. The third-order valence-corrected chi connectivity index (χ3v) is 6.10. The van der Waals surface area contributed by atoms with E-state index in [0.717, 1.165) is 22.9 Å². The van der Waals surface area contributed by atoms with E-state index in [2.05, 4.69) is 10.3 Å². The Morgan fingerprint density at radius 2 is 2.32 bits per heavy atom. The summed E-state index contributed by atoms with van der Waals surface area (Å²) in [6.45, 7) is 2.24. The SMILES string of the molecule is Cc1csc(Sc2ccc(C(=O)NC(CN)C3CC3)cc2[N+](=O)[O-])n1. The molecule has 0 spiro atoms. The quantitative estimate of drug-likeness (QED) is 0.566. The third-order valence-electron chi connectivity index (χ3n) is 3.97. The third kappa shape index (κ3) is 4.36. The van der Waals surface area contributed by atoms with Crippen molar-refractivity contribution in [2.24, 2.45) is 11.7 Å². The number of benzene rings is 1. The second-order valence-electron chi connectivity index (χ2n) is 5.95. The van der Waals surface area contributed by atoms with Crippen molar-refractivity contribution in [3.05, 3.63) is 45.0 Å².